The normalized spacial score (nSPS) is 13.1. The third-order valence-electron chi connectivity index (χ3n) is 3.41. The second kappa shape index (κ2) is 6.61. The zero-order valence-corrected chi connectivity index (χ0v) is 14.3. The Kier molecular flexibility index (Phi) is 5.08. The van der Waals surface area contributed by atoms with Crippen LogP contribution in [0.3, 0.4) is 0 Å². The smallest absolute Gasteiger partial charge is 0.136 e. The molecule has 3 nitrogen and oxygen atoms in total. The summed E-state index contributed by atoms with van der Waals surface area (Å²) in [5.41, 5.74) is 0.999. The summed E-state index contributed by atoms with van der Waals surface area (Å²) >= 11 is 3.58. The van der Waals surface area contributed by atoms with Gasteiger partial charge in [0.25, 0.3) is 0 Å². The van der Waals surface area contributed by atoms with E-state index in [-0.39, 0.29) is 6.10 Å². The molecule has 0 fully saturated rings. The Balaban J connectivity index is 2.38. The molecule has 1 aromatic heterocycles. The van der Waals surface area contributed by atoms with Crippen LogP contribution in [0.1, 0.15) is 53.0 Å². The summed E-state index contributed by atoms with van der Waals surface area (Å²) < 4.78 is 8.90. The van der Waals surface area contributed by atoms with Gasteiger partial charge >= 0.3 is 0 Å². The van der Waals surface area contributed by atoms with Crippen molar-refractivity contribution >= 4 is 26.8 Å². The number of ether oxygens (including phenoxy) is 1. The molecule has 1 atom stereocenters. The van der Waals surface area contributed by atoms with Gasteiger partial charge in [-0.3, -0.25) is 4.68 Å². The Morgan fingerprint density at radius 2 is 2.05 bits per heavy atom. The van der Waals surface area contributed by atoms with Crippen LogP contribution in [0.4, 0.5) is 0 Å². The molecule has 0 aliphatic heterocycles. The Labute approximate surface area is 129 Å². The molecule has 0 saturated heterocycles. The van der Waals surface area contributed by atoms with E-state index in [1.54, 1.807) is 0 Å². The van der Waals surface area contributed by atoms with Gasteiger partial charge < -0.3 is 4.74 Å². The van der Waals surface area contributed by atoms with E-state index >= 15 is 0 Å². The van der Waals surface area contributed by atoms with Gasteiger partial charge in [-0.05, 0) is 48.7 Å². The molecule has 1 unspecified atom stereocenters. The van der Waals surface area contributed by atoms with E-state index in [0.29, 0.717) is 6.04 Å². The van der Waals surface area contributed by atoms with Gasteiger partial charge in [0.2, 0.25) is 0 Å². The molecule has 1 aromatic carbocycles. The minimum Gasteiger partial charge on any atom is -0.490 e. The lowest BCUT2D eigenvalue weighted by Crippen LogP contribution is -2.08. The molecule has 0 bridgehead atoms. The van der Waals surface area contributed by atoms with Crippen LogP contribution in [-0.4, -0.2) is 15.9 Å². The fourth-order valence-electron chi connectivity index (χ4n) is 2.43. The van der Waals surface area contributed by atoms with E-state index in [9.17, 15) is 0 Å². The predicted molar refractivity (Wildman–Crippen MR) is 87.4 cm³/mol. The summed E-state index contributed by atoms with van der Waals surface area (Å²) in [4.78, 5) is 0. The first kappa shape index (κ1) is 15.4. The van der Waals surface area contributed by atoms with Crippen LogP contribution in [0.2, 0.25) is 0 Å². The van der Waals surface area contributed by atoms with Gasteiger partial charge in [0.1, 0.15) is 5.75 Å². The lowest BCUT2D eigenvalue weighted by molar-refractivity contribution is 0.241. The van der Waals surface area contributed by atoms with Crippen LogP contribution in [0.15, 0.2) is 22.8 Å². The topological polar surface area (TPSA) is 27.1 Å². The molecule has 20 heavy (non-hydrogen) atoms. The number of nitrogens with zero attached hydrogens (tertiary/aromatic N) is 2. The lowest BCUT2D eigenvalue weighted by Gasteiger charge is -2.13. The van der Waals surface area contributed by atoms with Crippen LogP contribution in [0, 0.1) is 0 Å². The number of fused-ring (bicyclic) bond motifs is 1. The molecule has 0 N–H and O–H groups in total. The highest BCUT2D eigenvalue weighted by Gasteiger charge is 2.13. The van der Waals surface area contributed by atoms with Gasteiger partial charge in [0, 0.05) is 17.6 Å². The first-order chi connectivity index (χ1) is 9.55. The summed E-state index contributed by atoms with van der Waals surface area (Å²) in [5, 5.41) is 5.88. The van der Waals surface area contributed by atoms with Crippen molar-refractivity contribution in [1.82, 2.24) is 9.78 Å². The van der Waals surface area contributed by atoms with E-state index < -0.39 is 0 Å². The molecule has 0 amide bonds. The standard InChI is InChI=1S/C16H23BrN2O/c1-5-7-13(6-2)19-10-12-8-14(17)16(20-11(3)4)9-15(12)18-19/h8-11,13H,5-7H2,1-4H3. The van der Waals surface area contributed by atoms with E-state index in [4.69, 9.17) is 9.84 Å². The molecule has 0 saturated carbocycles. The maximum Gasteiger partial charge on any atom is 0.136 e. The van der Waals surface area contributed by atoms with Crippen LogP contribution < -0.4 is 4.74 Å². The lowest BCUT2D eigenvalue weighted by atomic mass is 10.1. The zero-order chi connectivity index (χ0) is 14.7. The van der Waals surface area contributed by atoms with Crippen molar-refractivity contribution in [3.8, 4) is 5.75 Å². The second-order valence-corrected chi connectivity index (χ2v) is 6.32. The van der Waals surface area contributed by atoms with Crippen LogP contribution >= 0.6 is 15.9 Å². The highest BCUT2D eigenvalue weighted by atomic mass is 79.9. The maximum atomic E-state index is 5.80. The molecule has 0 spiro atoms. The largest absolute Gasteiger partial charge is 0.490 e. The van der Waals surface area contributed by atoms with Crippen molar-refractivity contribution in [1.29, 1.82) is 0 Å². The first-order valence-corrected chi connectivity index (χ1v) is 8.19. The van der Waals surface area contributed by atoms with E-state index in [1.165, 1.54) is 12.8 Å². The average Bonchev–Trinajstić information content (AvgIpc) is 2.78. The fraction of sp³-hybridized carbons (Fsp3) is 0.562. The third-order valence-corrected chi connectivity index (χ3v) is 4.03. The highest BCUT2D eigenvalue weighted by molar-refractivity contribution is 9.10. The Morgan fingerprint density at radius 3 is 2.65 bits per heavy atom. The van der Waals surface area contributed by atoms with E-state index in [0.717, 1.165) is 27.5 Å². The van der Waals surface area contributed by atoms with Crippen molar-refractivity contribution in [2.24, 2.45) is 0 Å². The molecule has 2 rings (SSSR count). The van der Waals surface area contributed by atoms with Crippen molar-refractivity contribution in [2.45, 2.75) is 59.1 Å². The quantitative estimate of drug-likeness (QED) is 0.710. The van der Waals surface area contributed by atoms with Crippen molar-refractivity contribution in [2.75, 3.05) is 0 Å². The van der Waals surface area contributed by atoms with Gasteiger partial charge in [-0.25, -0.2) is 0 Å². The SMILES string of the molecule is CCCC(CC)n1cc2cc(Br)c(OC(C)C)cc2n1. The summed E-state index contributed by atoms with van der Waals surface area (Å²) in [7, 11) is 0. The molecule has 110 valence electrons. The van der Waals surface area contributed by atoms with Crippen LogP contribution in [0.25, 0.3) is 10.9 Å². The number of benzene rings is 1. The molecular weight excluding hydrogens is 316 g/mol. The number of halogens is 1. The Morgan fingerprint density at radius 1 is 1.30 bits per heavy atom. The van der Waals surface area contributed by atoms with E-state index in [1.807, 2.05) is 19.9 Å². The Hall–Kier alpha value is -1.03. The highest BCUT2D eigenvalue weighted by Crippen LogP contribution is 2.31. The molecule has 4 heteroatoms. The number of hydrogen-bond acceptors (Lipinski definition) is 2. The van der Waals surface area contributed by atoms with Gasteiger partial charge in [-0.1, -0.05) is 20.3 Å². The average molecular weight is 339 g/mol. The number of hydrogen-bond donors (Lipinski definition) is 0. The summed E-state index contributed by atoms with van der Waals surface area (Å²) in [6, 6.07) is 4.60. The Bertz CT molecular complexity index is 577. The van der Waals surface area contributed by atoms with Crippen molar-refractivity contribution in [3.63, 3.8) is 0 Å². The predicted octanol–water partition coefficient (Wildman–Crippen LogP) is 5.34. The molecule has 0 aliphatic rings. The summed E-state index contributed by atoms with van der Waals surface area (Å²) in [5.74, 6) is 0.862. The minimum absolute atomic E-state index is 0.161. The molecule has 0 radical (unpaired) electrons. The number of aromatic nitrogens is 2. The zero-order valence-electron chi connectivity index (χ0n) is 12.7. The fourth-order valence-corrected chi connectivity index (χ4v) is 2.89. The number of rotatable bonds is 6. The van der Waals surface area contributed by atoms with E-state index in [2.05, 4.69) is 46.7 Å². The monoisotopic (exact) mass is 338 g/mol. The second-order valence-electron chi connectivity index (χ2n) is 5.47. The van der Waals surface area contributed by atoms with Crippen LogP contribution in [0.5, 0.6) is 5.75 Å². The minimum atomic E-state index is 0.161. The van der Waals surface area contributed by atoms with Crippen molar-refractivity contribution < 1.29 is 4.74 Å². The summed E-state index contributed by atoms with van der Waals surface area (Å²) in [6.07, 6.45) is 5.76. The third kappa shape index (κ3) is 3.35. The van der Waals surface area contributed by atoms with Gasteiger partial charge in [0.15, 0.2) is 0 Å². The molecule has 1 heterocycles. The molecular formula is C16H23BrN2O. The van der Waals surface area contributed by atoms with Gasteiger partial charge in [-0.15, -0.1) is 0 Å². The maximum absolute atomic E-state index is 5.80. The van der Waals surface area contributed by atoms with Gasteiger partial charge in [-0.2, -0.15) is 5.10 Å². The molecule has 0 aliphatic carbocycles. The van der Waals surface area contributed by atoms with Crippen molar-refractivity contribution in [3.05, 3.63) is 22.8 Å². The molecule has 2 aromatic rings. The summed E-state index contributed by atoms with van der Waals surface area (Å²) in [6.45, 7) is 8.50. The van der Waals surface area contributed by atoms with Gasteiger partial charge in [0.05, 0.1) is 22.1 Å². The first-order valence-electron chi connectivity index (χ1n) is 7.40. The van der Waals surface area contributed by atoms with Crippen LogP contribution in [-0.2, 0) is 0 Å².